The summed E-state index contributed by atoms with van der Waals surface area (Å²) in [4.78, 5) is 14.1. The number of rotatable bonds is 3. The van der Waals surface area contributed by atoms with Crippen molar-refractivity contribution in [3.63, 3.8) is 0 Å². The first kappa shape index (κ1) is 14.8. The lowest BCUT2D eigenvalue weighted by molar-refractivity contribution is 0.0777. The number of hydrogen-bond acceptors (Lipinski definition) is 3. The quantitative estimate of drug-likeness (QED) is 0.856. The topological polar surface area (TPSA) is 56.0 Å². The number of hydrogen-bond donors (Lipinski definition) is 0. The Balaban J connectivity index is 2.21. The predicted octanol–water partition coefficient (Wildman–Crippen LogP) is 1.81. The second-order valence-electron chi connectivity index (χ2n) is 4.91. The van der Waals surface area contributed by atoms with Crippen LogP contribution in [0.15, 0.2) is 10.7 Å². The van der Waals surface area contributed by atoms with Gasteiger partial charge in [0.15, 0.2) is 5.69 Å². The third-order valence-corrected chi connectivity index (χ3v) is 4.50. The summed E-state index contributed by atoms with van der Waals surface area (Å²) < 4.78 is 4.24. The SMILES string of the molecule is Cc1c(CN(C)C(=O)c2nn(C)c(C)c2Br)cnn1C. The minimum atomic E-state index is -0.108. The van der Waals surface area contributed by atoms with Crippen molar-refractivity contribution >= 4 is 21.8 Å². The Morgan fingerprint density at radius 3 is 2.40 bits per heavy atom. The number of carbonyl (C=O) groups excluding carboxylic acids is 1. The van der Waals surface area contributed by atoms with Gasteiger partial charge in [0.2, 0.25) is 0 Å². The minimum Gasteiger partial charge on any atom is -0.336 e. The van der Waals surface area contributed by atoms with E-state index in [4.69, 9.17) is 0 Å². The molecule has 2 aromatic heterocycles. The Labute approximate surface area is 126 Å². The van der Waals surface area contributed by atoms with Crippen LogP contribution in [0.25, 0.3) is 0 Å². The maximum atomic E-state index is 12.4. The van der Waals surface area contributed by atoms with Gasteiger partial charge in [-0.2, -0.15) is 10.2 Å². The fraction of sp³-hybridized carbons (Fsp3) is 0.462. The van der Waals surface area contributed by atoms with Crippen LogP contribution in [0.4, 0.5) is 0 Å². The van der Waals surface area contributed by atoms with E-state index in [9.17, 15) is 4.79 Å². The van der Waals surface area contributed by atoms with Crippen molar-refractivity contribution in [2.75, 3.05) is 7.05 Å². The van der Waals surface area contributed by atoms with Gasteiger partial charge >= 0.3 is 0 Å². The van der Waals surface area contributed by atoms with Gasteiger partial charge in [0.25, 0.3) is 5.91 Å². The van der Waals surface area contributed by atoms with E-state index in [-0.39, 0.29) is 5.91 Å². The van der Waals surface area contributed by atoms with E-state index in [0.717, 1.165) is 21.4 Å². The molecule has 0 aliphatic carbocycles. The van der Waals surface area contributed by atoms with Crippen molar-refractivity contribution in [3.05, 3.63) is 33.3 Å². The van der Waals surface area contributed by atoms with Crippen molar-refractivity contribution in [2.45, 2.75) is 20.4 Å². The molecule has 0 aliphatic heterocycles. The van der Waals surface area contributed by atoms with E-state index < -0.39 is 0 Å². The molecule has 0 atom stereocenters. The normalized spacial score (nSPS) is 10.9. The molecule has 6 nitrogen and oxygen atoms in total. The number of nitrogens with zero attached hydrogens (tertiary/aromatic N) is 5. The second kappa shape index (κ2) is 5.40. The first-order valence-corrected chi connectivity index (χ1v) is 7.04. The first-order valence-electron chi connectivity index (χ1n) is 6.25. The number of aromatic nitrogens is 4. The highest BCUT2D eigenvalue weighted by Crippen LogP contribution is 2.22. The van der Waals surface area contributed by atoms with Crippen molar-refractivity contribution in [2.24, 2.45) is 14.1 Å². The third kappa shape index (κ3) is 2.49. The highest BCUT2D eigenvalue weighted by molar-refractivity contribution is 9.10. The second-order valence-corrected chi connectivity index (χ2v) is 5.70. The van der Waals surface area contributed by atoms with Crippen molar-refractivity contribution in [1.82, 2.24) is 24.5 Å². The standard InChI is InChI=1S/C13H18BrN5O/c1-8-10(6-15-18(8)4)7-17(3)13(20)12-11(14)9(2)19(5)16-12/h6H,7H2,1-5H3. The Morgan fingerprint density at radius 2 is 1.95 bits per heavy atom. The molecule has 2 rings (SSSR count). The van der Waals surface area contributed by atoms with Gasteiger partial charge < -0.3 is 4.90 Å². The van der Waals surface area contributed by atoms with E-state index in [0.29, 0.717) is 12.2 Å². The van der Waals surface area contributed by atoms with Crippen LogP contribution in [0.1, 0.15) is 27.4 Å². The van der Waals surface area contributed by atoms with Crippen LogP contribution in [0.2, 0.25) is 0 Å². The van der Waals surface area contributed by atoms with E-state index in [1.807, 2.05) is 27.9 Å². The van der Waals surface area contributed by atoms with E-state index in [1.165, 1.54) is 0 Å². The highest BCUT2D eigenvalue weighted by atomic mass is 79.9. The molecule has 0 saturated carbocycles. The monoisotopic (exact) mass is 339 g/mol. The molecule has 2 heterocycles. The molecular weight excluding hydrogens is 322 g/mol. The molecule has 20 heavy (non-hydrogen) atoms. The lowest BCUT2D eigenvalue weighted by Crippen LogP contribution is -2.27. The average Bonchev–Trinajstić information content (AvgIpc) is 2.86. The minimum absolute atomic E-state index is 0.108. The summed E-state index contributed by atoms with van der Waals surface area (Å²) in [5.74, 6) is -0.108. The Kier molecular flexibility index (Phi) is 3.99. The maximum absolute atomic E-state index is 12.4. The molecule has 108 valence electrons. The zero-order valence-electron chi connectivity index (χ0n) is 12.3. The molecule has 0 bridgehead atoms. The summed E-state index contributed by atoms with van der Waals surface area (Å²) in [7, 11) is 5.48. The molecule has 0 radical (unpaired) electrons. The lowest BCUT2D eigenvalue weighted by Gasteiger charge is -2.15. The van der Waals surface area contributed by atoms with Crippen molar-refractivity contribution in [3.8, 4) is 0 Å². The number of amides is 1. The van der Waals surface area contributed by atoms with Gasteiger partial charge in [-0.3, -0.25) is 14.2 Å². The van der Waals surface area contributed by atoms with E-state index >= 15 is 0 Å². The lowest BCUT2D eigenvalue weighted by atomic mass is 10.2. The summed E-state index contributed by atoms with van der Waals surface area (Å²) in [5, 5.41) is 8.44. The largest absolute Gasteiger partial charge is 0.336 e. The van der Waals surface area contributed by atoms with Gasteiger partial charge in [0.05, 0.1) is 16.4 Å². The summed E-state index contributed by atoms with van der Waals surface area (Å²) in [5.41, 5.74) is 3.46. The van der Waals surface area contributed by atoms with Gasteiger partial charge in [-0.1, -0.05) is 0 Å². The van der Waals surface area contributed by atoms with Crippen LogP contribution >= 0.6 is 15.9 Å². The predicted molar refractivity (Wildman–Crippen MR) is 79.4 cm³/mol. The molecular formula is C13H18BrN5O. The zero-order valence-corrected chi connectivity index (χ0v) is 13.9. The number of carbonyl (C=O) groups is 1. The molecule has 1 amide bonds. The molecule has 2 aromatic rings. The molecule has 0 saturated heterocycles. The fourth-order valence-corrected chi connectivity index (χ4v) is 2.43. The first-order chi connectivity index (χ1) is 9.32. The van der Waals surface area contributed by atoms with E-state index in [2.05, 4.69) is 26.1 Å². The number of aryl methyl sites for hydroxylation is 2. The van der Waals surface area contributed by atoms with Crippen LogP contribution in [-0.4, -0.2) is 37.4 Å². The maximum Gasteiger partial charge on any atom is 0.275 e. The van der Waals surface area contributed by atoms with Gasteiger partial charge in [0.1, 0.15) is 0 Å². The Morgan fingerprint density at radius 1 is 1.30 bits per heavy atom. The molecule has 0 aliphatic rings. The number of halogens is 1. The van der Waals surface area contributed by atoms with Gasteiger partial charge in [-0.05, 0) is 29.8 Å². The fourth-order valence-electron chi connectivity index (χ4n) is 1.93. The van der Waals surface area contributed by atoms with Gasteiger partial charge in [0, 0.05) is 38.9 Å². The van der Waals surface area contributed by atoms with Crippen LogP contribution < -0.4 is 0 Å². The van der Waals surface area contributed by atoms with Gasteiger partial charge in [-0.15, -0.1) is 0 Å². The van der Waals surface area contributed by atoms with E-state index in [1.54, 1.807) is 27.5 Å². The molecule has 0 N–H and O–H groups in total. The van der Waals surface area contributed by atoms with Crippen molar-refractivity contribution in [1.29, 1.82) is 0 Å². The zero-order chi connectivity index (χ0) is 15.0. The highest BCUT2D eigenvalue weighted by Gasteiger charge is 2.21. The third-order valence-electron chi connectivity index (χ3n) is 3.55. The smallest absolute Gasteiger partial charge is 0.275 e. The van der Waals surface area contributed by atoms with Crippen LogP contribution in [-0.2, 0) is 20.6 Å². The Bertz CT molecular complexity index is 658. The molecule has 0 spiro atoms. The summed E-state index contributed by atoms with van der Waals surface area (Å²) >= 11 is 3.43. The van der Waals surface area contributed by atoms with Crippen LogP contribution in [0.5, 0.6) is 0 Å². The van der Waals surface area contributed by atoms with Crippen molar-refractivity contribution < 1.29 is 4.79 Å². The molecule has 0 fully saturated rings. The molecule has 7 heteroatoms. The summed E-state index contributed by atoms with van der Waals surface area (Å²) in [6.45, 7) is 4.42. The van der Waals surface area contributed by atoms with Crippen LogP contribution in [0.3, 0.4) is 0 Å². The molecule has 0 unspecified atom stereocenters. The molecule has 0 aromatic carbocycles. The average molecular weight is 340 g/mol. The Hall–Kier alpha value is -1.63. The van der Waals surface area contributed by atoms with Crippen LogP contribution in [0, 0.1) is 13.8 Å². The van der Waals surface area contributed by atoms with Gasteiger partial charge in [-0.25, -0.2) is 0 Å². The summed E-state index contributed by atoms with van der Waals surface area (Å²) in [6.07, 6.45) is 1.79. The summed E-state index contributed by atoms with van der Waals surface area (Å²) in [6, 6.07) is 0.